The summed E-state index contributed by atoms with van der Waals surface area (Å²) in [6.07, 6.45) is 3.39. The van der Waals surface area contributed by atoms with Crippen LogP contribution in [0.3, 0.4) is 0 Å². The van der Waals surface area contributed by atoms with Crippen LogP contribution < -0.4 is 5.32 Å². The highest BCUT2D eigenvalue weighted by atomic mass is 16.5. The number of ether oxygens (including phenoxy) is 1. The topological polar surface area (TPSA) is 68.5 Å². The zero-order chi connectivity index (χ0) is 12.0. The lowest BCUT2D eigenvalue weighted by molar-refractivity contribution is -0.118. The van der Waals surface area contributed by atoms with E-state index in [1.54, 1.807) is 18.2 Å². The van der Waals surface area contributed by atoms with Crippen molar-refractivity contribution in [1.29, 1.82) is 0 Å². The lowest BCUT2D eigenvalue weighted by atomic mass is 10.4. The Hall–Kier alpha value is -2.04. The first-order valence-corrected chi connectivity index (χ1v) is 4.72. The zero-order valence-corrected chi connectivity index (χ0v) is 9.15. The van der Waals surface area contributed by atoms with Crippen LogP contribution in [0, 0.1) is 0 Å². The number of rotatable bonds is 4. The Bertz CT molecular complexity index is 406. The maximum atomic E-state index is 11.0. The quantitative estimate of drug-likeness (QED) is 0.779. The molecule has 1 N–H and O–H groups in total. The third-order valence-corrected chi connectivity index (χ3v) is 1.76. The van der Waals surface area contributed by atoms with Gasteiger partial charge in [0.2, 0.25) is 11.7 Å². The molecule has 0 aliphatic carbocycles. The van der Waals surface area contributed by atoms with Crippen LogP contribution in [-0.4, -0.2) is 25.5 Å². The van der Waals surface area contributed by atoms with Crippen molar-refractivity contribution in [2.75, 3.05) is 13.7 Å². The summed E-state index contributed by atoms with van der Waals surface area (Å²) in [4.78, 5) is 21.6. The van der Waals surface area contributed by atoms with Crippen LogP contribution in [0.25, 0.3) is 6.08 Å². The molecule has 0 atom stereocenters. The fraction of sp³-hybridized carbons (Fsp3) is 0.273. The van der Waals surface area contributed by atoms with Crippen LogP contribution >= 0.6 is 0 Å². The van der Waals surface area contributed by atoms with Gasteiger partial charge in [-0.3, -0.25) is 4.79 Å². The number of carbonyl (C=O) groups excluding carboxylic acids is 2. The van der Waals surface area contributed by atoms with Crippen molar-refractivity contribution >= 4 is 18.0 Å². The molecule has 86 valence electrons. The van der Waals surface area contributed by atoms with Crippen LogP contribution in [0.4, 0.5) is 0 Å². The summed E-state index contributed by atoms with van der Waals surface area (Å²) in [7, 11) is 1.29. The molecule has 0 aliphatic heterocycles. The molecule has 1 rings (SSSR count). The molecule has 5 heteroatoms. The molecule has 16 heavy (non-hydrogen) atoms. The monoisotopic (exact) mass is 223 g/mol. The molecule has 1 aromatic heterocycles. The predicted octanol–water partition coefficient (Wildman–Crippen LogP) is 1.22. The molecule has 0 spiro atoms. The van der Waals surface area contributed by atoms with Gasteiger partial charge in [0, 0.05) is 13.5 Å². The average Bonchev–Trinajstić information content (AvgIpc) is 2.71. The van der Waals surface area contributed by atoms with Crippen LogP contribution in [0.5, 0.6) is 0 Å². The van der Waals surface area contributed by atoms with Crippen LogP contribution in [0.15, 0.2) is 22.6 Å². The van der Waals surface area contributed by atoms with Gasteiger partial charge >= 0.3 is 5.97 Å². The van der Waals surface area contributed by atoms with Crippen molar-refractivity contribution in [3.05, 3.63) is 29.7 Å². The van der Waals surface area contributed by atoms with Gasteiger partial charge in [0.25, 0.3) is 0 Å². The SMILES string of the molecule is COC(=O)c1ccc(C=CCNC(C)=O)o1. The van der Waals surface area contributed by atoms with Gasteiger partial charge < -0.3 is 14.5 Å². The van der Waals surface area contributed by atoms with Crippen molar-refractivity contribution in [3.8, 4) is 0 Å². The lowest BCUT2D eigenvalue weighted by Crippen LogP contribution is -2.19. The second-order valence-electron chi connectivity index (χ2n) is 3.03. The molecule has 0 unspecified atom stereocenters. The number of furan rings is 1. The van der Waals surface area contributed by atoms with Gasteiger partial charge in [0.1, 0.15) is 5.76 Å². The highest BCUT2D eigenvalue weighted by Gasteiger charge is 2.09. The second-order valence-corrected chi connectivity index (χ2v) is 3.03. The first-order chi connectivity index (χ1) is 7.63. The highest BCUT2D eigenvalue weighted by molar-refractivity contribution is 5.86. The minimum Gasteiger partial charge on any atom is -0.463 e. The lowest BCUT2D eigenvalue weighted by Gasteiger charge is -1.94. The Morgan fingerprint density at radius 2 is 2.25 bits per heavy atom. The van der Waals surface area contributed by atoms with Crippen molar-refractivity contribution < 1.29 is 18.7 Å². The fourth-order valence-corrected chi connectivity index (χ4v) is 1.03. The van der Waals surface area contributed by atoms with Gasteiger partial charge in [-0.25, -0.2) is 4.79 Å². The Morgan fingerprint density at radius 3 is 2.88 bits per heavy atom. The number of hydrogen-bond acceptors (Lipinski definition) is 4. The van der Waals surface area contributed by atoms with E-state index < -0.39 is 5.97 Å². The number of amides is 1. The summed E-state index contributed by atoms with van der Waals surface area (Å²) in [6, 6.07) is 3.18. The summed E-state index contributed by atoms with van der Waals surface area (Å²) < 4.78 is 9.66. The number of nitrogens with one attached hydrogen (secondary N) is 1. The normalized spacial score (nSPS) is 10.4. The maximum absolute atomic E-state index is 11.0. The summed E-state index contributed by atoms with van der Waals surface area (Å²) in [6.45, 7) is 1.86. The van der Waals surface area contributed by atoms with Crippen molar-refractivity contribution in [3.63, 3.8) is 0 Å². The minimum atomic E-state index is -0.512. The first kappa shape index (κ1) is 12.0. The molecular formula is C11H13NO4. The van der Waals surface area contributed by atoms with E-state index in [4.69, 9.17) is 4.42 Å². The smallest absolute Gasteiger partial charge is 0.373 e. The van der Waals surface area contributed by atoms with Gasteiger partial charge in [-0.05, 0) is 18.2 Å². The van der Waals surface area contributed by atoms with E-state index in [0.29, 0.717) is 12.3 Å². The van der Waals surface area contributed by atoms with E-state index in [1.807, 2.05) is 0 Å². The third kappa shape index (κ3) is 3.61. The van der Waals surface area contributed by atoms with E-state index in [-0.39, 0.29) is 11.7 Å². The number of methoxy groups -OCH3 is 1. The summed E-state index contributed by atoms with van der Waals surface area (Å²) in [5, 5.41) is 2.60. The Balaban J connectivity index is 2.52. The Morgan fingerprint density at radius 1 is 1.50 bits per heavy atom. The largest absolute Gasteiger partial charge is 0.463 e. The standard InChI is InChI=1S/C11H13NO4/c1-8(13)12-7-3-4-9-5-6-10(16-9)11(14)15-2/h3-6H,7H2,1-2H3,(H,12,13). The minimum absolute atomic E-state index is 0.0978. The average molecular weight is 223 g/mol. The van der Waals surface area contributed by atoms with Gasteiger partial charge in [0.15, 0.2) is 0 Å². The van der Waals surface area contributed by atoms with E-state index >= 15 is 0 Å². The van der Waals surface area contributed by atoms with E-state index in [9.17, 15) is 9.59 Å². The maximum Gasteiger partial charge on any atom is 0.373 e. The van der Waals surface area contributed by atoms with E-state index in [2.05, 4.69) is 10.1 Å². The molecule has 0 radical (unpaired) electrons. The van der Waals surface area contributed by atoms with Gasteiger partial charge in [-0.1, -0.05) is 6.08 Å². The molecule has 1 aromatic rings. The third-order valence-electron chi connectivity index (χ3n) is 1.76. The number of hydrogen-bond donors (Lipinski definition) is 1. The zero-order valence-electron chi connectivity index (χ0n) is 9.15. The van der Waals surface area contributed by atoms with E-state index in [0.717, 1.165) is 0 Å². The van der Waals surface area contributed by atoms with Gasteiger partial charge in [-0.15, -0.1) is 0 Å². The molecular weight excluding hydrogens is 210 g/mol. The molecule has 0 aliphatic rings. The number of esters is 1. The van der Waals surface area contributed by atoms with Crippen molar-refractivity contribution in [1.82, 2.24) is 5.32 Å². The van der Waals surface area contributed by atoms with Crippen molar-refractivity contribution in [2.24, 2.45) is 0 Å². The Labute approximate surface area is 93.1 Å². The summed E-state index contributed by atoms with van der Waals surface area (Å²) in [5.74, 6) is 0.0771. The second kappa shape index (κ2) is 5.75. The van der Waals surface area contributed by atoms with Crippen molar-refractivity contribution in [2.45, 2.75) is 6.92 Å². The van der Waals surface area contributed by atoms with Gasteiger partial charge in [-0.2, -0.15) is 0 Å². The molecule has 1 amide bonds. The summed E-state index contributed by atoms with van der Waals surface area (Å²) >= 11 is 0. The highest BCUT2D eigenvalue weighted by Crippen LogP contribution is 2.10. The van der Waals surface area contributed by atoms with Crippen LogP contribution in [-0.2, 0) is 9.53 Å². The van der Waals surface area contributed by atoms with Gasteiger partial charge in [0.05, 0.1) is 7.11 Å². The molecule has 0 bridgehead atoms. The predicted molar refractivity (Wildman–Crippen MR) is 57.8 cm³/mol. The molecule has 0 fully saturated rings. The molecule has 0 aromatic carbocycles. The fourth-order valence-electron chi connectivity index (χ4n) is 1.03. The molecule has 0 saturated heterocycles. The van der Waals surface area contributed by atoms with E-state index in [1.165, 1.54) is 20.1 Å². The molecule has 0 saturated carbocycles. The first-order valence-electron chi connectivity index (χ1n) is 4.72. The Kier molecular flexibility index (Phi) is 4.32. The van der Waals surface area contributed by atoms with Crippen LogP contribution in [0.2, 0.25) is 0 Å². The molecule has 1 heterocycles. The summed E-state index contributed by atoms with van der Waals surface area (Å²) in [5.41, 5.74) is 0. The number of carbonyl (C=O) groups is 2. The molecule has 5 nitrogen and oxygen atoms in total. The van der Waals surface area contributed by atoms with Crippen LogP contribution in [0.1, 0.15) is 23.2 Å².